The summed E-state index contributed by atoms with van der Waals surface area (Å²) in [5.74, 6) is 3.60. The molecule has 0 fully saturated rings. The maximum Gasteiger partial charge on any atom is 0.230 e. The number of carbonyl (C=O) groups excluding carboxylic acids is 1. The zero-order chi connectivity index (χ0) is 15.2. The molecule has 0 radical (unpaired) electrons. The molecule has 4 nitrogen and oxygen atoms in total. The summed E-state index contributed by atoms with van der Waals surface area (Å²) in [5.41, 5.74) is 5.37. The molecule has 0 unspecified atom stereocenters. The van der Waals surface area contributed by atoms with Gasteiger partial charge in [0.25, 0.3) is 0 Å². The van der Waals surface area contributed by atoms with Crippen LogP contribution in [-0.2, 0) is 11.2 Å². The van der Waals surface area contributed by atoms with E-state index in [0.717, 1.165) is 12.1 Å². The summed E-state index contributed by atoms with van der Waals surface area (Å²) in [6.07, 6.45) is 1.32. The Kier molecular flexibility index (Phi) is 4.98. The first-order valence-corrected chi connectivity index (χ1v) is 6.78. The van der Waals surface area contributed by atoms with E-state index in [1.165, 1.54) is 23.6 Å². The van der Waals surface area contributed by atoms with Crippen molar-refractivity contribution < 1.29 is 13.6 Å². The van der Waals surface area contributed by atoms with Crippen LogP contribution in [0.2, 0.25) is 0 Å². The molecule has 108 valence electrons. The molecule has 0 saturated heterocycles. The molecule has 1 amide bonds. The minimum Gasteiger partial charge on any atom is -0.320 e. The monoisotopic (exact) mass is 307 g/mol. The third-order valence-electron chi connectivity index (χ3n) is 2.43. The lowest BCUT2D eigenvalue weighted by molar-refractivity contribution is -0.115. The Bertz CT molecular complexity index is 718. The lowest BCUT2D eigenvalue weighted by atomic mass is 10.1. The van der Waals surface area contributed by atoms with Crippen LogP contribution in [0, 0.1) is 23.5 Å². The number of amides is 1. The molecule has 2 rings (SSSR count). The number of thiazole rings is 1. The van der Waals surface area contributed by atoms with Gasteiger partial charge in [-0.3, -0.25) is 4.79 Å². The molecule has 0 bridgehead atoms. The van der Waals surface area contributed by atoms with Gasteiger partial charge in [-0.15, -0.1) is 0 Å². The van der Waals surface area contributed by atoms with Crippen molar-refractivity contribution in [2.75, 3.05) is 11.9 Å². The maximum absolute atomic E-state index is 13.4. The maximum atomic E-state index is 13.4. The van der Waals surface area contributed by atoms with Gasteiger partial charge in [-0.2, -0.15) is 0 Å². The van der Waals surface area contributed by atoms with Gasteiger partial charge in [-0.25, -0.2) is 13.8 Å². The Balaban J connectivity index is 2.00. The summed E-state index contributed by atoms with van der Waals surface area (Å²) in [4.78, 5) is 16.4. The minimum absolute atomic E-state index is 0.119. The molecule has 0 aliphatic heterocycles. The fraction of sp³-hybridized carbons (Fsp3) is 0.143. The Morgan fingerprint density at radius 2 is 2.24 bits per heavy atom. The van der Waals surface area contributed by atoms with Crippen LogP contribution in [0.1, 0.15) is 10.4 Å². The van der Waals surface area contributed by atoms with Crippen LogP contribution < -0.4 is 11.1 Å². The van der Waals surface area contributed by atoms with Crippen LogP contribution >= 0.6 is 11.3 Å². The second-order valence-electron chi connectivity index (χ2n) is 4.00. The molecular formula is C14H11F2N3OS. The molecule has 0 aliphatic carbocycles. The van der Waals surface area contributed by atoms with Crippen LogP contribution in [0.15, 0.2) is 24.4 Å². The number of nitrogens with one attached hydrogen (secondary N) is 1. The molecule has 21 heavy (non-hydrogen) atoms. The number of nitrogens with zero attached hydrogens (tertiary/aromatic N) is 1. The fourth-order valence-electron chi connectivity index (χ4n) is 1.53. The highest BCUT2D eigenvalue weighted by molar-refractivity contribution is 7.16. The van der Waals surface area contributed by atoms with E-state index in [4.69, 9.17) is 5.73 Å². The van der Waals surface area contributed by atoms with Crippen molar-refractivity contribution >= 4 is 22.4 Å². The van der Waals surface area contributed by atoms with Gasteiger partial charge in [-0.1, -0.05) is 29.2 Å². The Labute approximate surface area is 124 Å². The number of benzene rings is 1. The first-order valence-electron chi connectivity index (χ1n) is 5.97. The molecular weight excluding hydrogens is 296 g/mol. The zero-order valence-electron chi connectivity index (χ0n) is 10.8. The molecule has 1 aromatic heterocycles. The third kappa shape index (κ3) is 4.34. The van der Waals surface area contributed by atoms with Gasteiger partial charge in [0.2, 0.25) is 5.91 Å². The van der Waals surface area contributed by atoms with E-state index in [1.807, 2.05) is 0 Å². The summed E-state index contributed by atoms with van der Waals surface area (Å²) in [7, 11) is 0. The van der Waals surface area contributed by atoms with Crippen molar-refractivity contribution in [2.24, 2.45) is 5.73 Å². The highest BCUT2D eigenvalue weighted by Crippen LogP contribution is 2.17. The van der Waals surface area contributed by atoms with E-state index in [-0.39, 0.29) is 18.5 Å². The van der Waals surface area contributed by atoms with Gasteiger partial charge in [0.1, 0.15) is 11.6 Å². The van der Waals surface area contributed by atoms with Gasteiger partial charge in [0.05, 0.1) is 24.0 Å². The number of rotatable bonds is 3. The first kappa shape index (κ1) is 15.1. The topological polar surface area (TPSA) is 68.0 Å². The standard InChI is InChI=1S/C14H11F2N3OS/c15-10-4-3-9(12(16)7-10)6-13(20)19-14-18-8-11(21-14)2-1-5-17/h3-4,7-8H,5-6,17H2,(H,18,19,20). The minimum atomic E-state index is -0.751. The van der Waals surface area contributed by atoms with E-state index in [0.29, 0.717) is 10.0 Å². The average molecular weight is 307 g/mol. The Morgan fingerprint density at radius 1 is 1.43 bits per heavy atom. The molecule has 0 atom stereocenters. The van der Waals surface area contributed by atoms with Crippen LogP contribution in [0.25, 0.3) is 0 Å². The number of hydrogen-bond donors (Lipinski definition) is 2. The summed E-state index contributed by atoms with van der Waals surface area (Å²) >= 11 is 1.19. The summed E-state index contributed by atoms with van der Waals surface area (Å²) in [6.45, 7) is 0.240. The SMILES string of the molecule is NCC#Cc1cnc(NC(=O)Cc2ccc(F)cc2F)s1. The molecule has 0 aliphatic rings. The number of halogens is 2. The lowest BCUT2D eigenvalue weighted by Gasteiger charge is -2.03. The van der Waals surface area contributed by atoms with Crippen LogP contribution in [0.3, 0.4) is 0 Å². The normalized spacial score (nSPS) is 9.86. The summed E-state index contributed by atoms with van der Waals surface area (Å²) in [6, 6.07) is 3.09. The van der Waals surface area contributed by atoms with Crippen molar-refractivity contribution in [2.45, 2.75) is 6.42 Å². The first-order chi connectivity index (χ1) is 10.1. The molecule has 1 heterocycles. The smallest absolute Gasteiger partial charge is 0.230 e. The van der Waals surface area contributed by atoms with Crippen LogP contribution in [0.5, 0.6) is 0 Å². The molecule has 1 aromatic carbocycles. The Morgan fingerprint density at radius 3 is 2.95 bits per heavy atom. The highest BCUT2D eigenvalue weighted by atomic mass is 32.1. The summed E-state index contributed by atoms with van der Waals surface area (Å²) < 4.78 is 26.2. The average Bonchev–Trinajstić information content (AvgIpc) is 2.87. The van der Waals surface area contributed by atoms with Crippen LogP contribution in [-0.4, -0.2) is 17.4 Å². The molecule has 7 heteroatoms. The van der Waals surface area contributed by atoms with Gasteiger partial charge < -0.3 is 11.1 Å². The van der Waals surface area contributed by atoms with Gasteiger partial charge in [-0.05, 0) is 11.6 Å². The van der Waals surface area contributed by atoms with E-state index >= 15 is 0 Å². The largest absolute Gasteiger partial charge is 0.320 e. The molecule has 0 saturated carbocycles. The number of aromatic nitrogens is 1. The predicted molar refractivity (Wildman–Crippen MR) is 76.7 cm³/mol. The molecule has 2 aromatic rings. The number of carbonyl (C=O) groups is 1. The summed E-state index contributed by atoms with van der Waals surface area (Å²) in [5, 5.41) is 2.90. The van der Waals surface area contributed by atoms with E-state index in [2.05, 4.69) is 22.1 Å². The van der Waals surface area contributed by atoms with E-state index < -0.39 is 17.5 Å². The van der Waals surface area contributed by atoms with Crippen LogP contribution in [0.4, 0.5) is 13.9 Å². The van der Waals surface area contributed by atoms with Crippen molar-refractivity contribution in [1.29, 1.82) is 0 Å². The fourth-order valence-corrected chi connectivity index (χ4v) is 2.24. The zero-order valence-corrected chi connectivity index (χ0v) is 11.6. The Hall–Kier alpha value is -2.30. The van der Waals surface area contributed by atoms with Crippen molar-refractivity contribution in [3.8, 4) is 11.8 Å². The van der Waals surface area contributed by atoms with Crippen molar-refractivity contribution in [3.05, 3.63) is 46.5 Å². The van der Waals surface area contributed by atoms with Crippen molar-refractivity contribution in [1.82, 2.24) is 4.98 Å². The number of hydrogen-bond acceptors (Lipinski definition) is 4. The molecule has 3 N–H and O–H groups in total. The number of anilines is 1. The third-order valence-corrected chi connectivity index (χ3v) is 3.26. The number of nitrogens with two attached hydrogens (primary N) is 1. The lowest BCUT2D eigenvalue weighted by Crippen LogP contribution is -2.15. The second-order valence-corrected chi connectivity index (χ2v) is 5.03. The van der Waals surface area contributed by atoms with Gasteiger partial charge >= 0.3 is 0 Å². The highest BCUT2D eigenvalue weighted by Gasteiger charge is 2.11. The predicted octanol–water partition coefficient (Wildman–Crippen LogP) is 1.91. The van der Waals surface area contributed by atoms with Gasteiger partial charge in [0, 0.05) is 6.07 Å². The van der Waals surface area contributed by atoms with E-state index in [9.17, 15) is 13.6 Å². The van der Waals surface area contributed by atoms with Gasteiger partial charge in [0.15, 0.2) is 5.13 Å². The van der Waals surface area contributed by atoms with Crippen molar-refractivity contribution in [3.63, 3.8) is 0 Å². The second kappa shape index (κ2) is 6.92. The van der Waals surface area contributed by atoms with E-state index in [1.54, 1.807) is 0 Å². The quantitative estimate of drug-likeness (QED) is 0.851. The molecule has 0 spiro atoms.